The maximum absolute atomic E-state index is 11.5. The van der Waals surface area contributed by atoms with E-state index in [4.69, 9.17) is 4.42 Å². The Balaban J connectivity index is 2.03. The average Bonchev–Trinajstić information content (AvgIpc) is 2.80. The minimum atomic E-state index is -0.000877. The van der Waals surface area contributed by atoms with E-state index >= 15 is 0 Å². The highest BCUT2D eigenvalue weighted by atomic mass is 16.3. The number of urea groups is 1. The number of hydrogen-bond acceptors (Lipinski definition) is 3. The molecule has 0 atom stereocenters. The predicted octanol–water partition coefficient (Wildman–Crippen LogP) is 0.960. The SMILES string of the molecule is CN1CCN(Cc2ccc(C=O)o2)C1=O. The molecule has 80 valence electrons. The maximum Gasteiger partial charge on any atom is 0.320 e. The lowest BCUT2D eigenvalue weighted by Gasteiger charge is -2.13. The van der Waals surface area contributed by atoms with Crippen molar-refractivity contribution in [2.24, 2.45) is 0 Å². The first-order valence-corrected chi connectivity index (χ1v) is 4.74. The molecule has 0 saturated carbocycles. The molecule has 1 aromatic rings. The number of amides is 2. The lowest BCUT2D eigenvalue weighted by atomic mass is 10.4. The van der Waals surface area contributed by atoms with Crippen LogP contribution in [0.2, 0.25) is 0 Å². The highest BCUT2D eigenvalue weighted by Crippen LogP contribution is 2.13. The Kier molecular flexibility index (Phi) is 2.45. The summed E-state index contributed by atoms with van der Waals surface area (Å²) in [6, 6.07) is 3.32. The number of likely N-dealkylation sites (N-methyl/N-ethyl adjacent to an activating group) is 1. The normalized spacial score (nSPS) is 16.2. The zero-order chi connectivity index (χ0) is 10.8. The largest absolute Gasteiger partial charge is 0.456 e. The van der Waals surface area contributed by atoms with Gasteiger partial charge in [-0.3, -0.25) is 4.79 Å². The van der Waals surface area contributed by atoms with E-state index in [1.165, 1.54) is 0 Å². The summed E-state index contributed by atoms with van der Waals surface area (Å²) in [6.07, 6.45) is 0.654. The van der Waals surface area contributed by atoms with Crippen LogP contribution >= 0.6 is 0 Å². The fraction of sp³-hybridized carbons (Fsp3) is 0.400. The van der Waals surface area contributed by atoms with Crippen molar-refractivity contribution in [1.82, 2.24) is 9.80 Å². The van der Waals surface area contributed by atoms with E-state index in [9.17, 15) is 9.59 Å². The number of carbonyl (C=O) groups excluding carboxylic acids is 2. The van der Waals surface area contributed by atoms with Crippen molar-refractivity contribution >= 4 is 12.3 Å². The van der Waals surface area contributed by atoms with Gasteiger partial charge in [-0.05, 0) is 12.1 Å². The maximum atomic E-state index is 11.5. The molecule has 0 radical (unpaired) electrons. The molecule has 0 unspecified atom stereocenters. The summed E-state index contributed by atoms with van der Waals surface area (Å²) in [4.78, 5) is 25.3. The molecule has 15 heavy (non-hydrogen) atoms. The van der Waals surface area contributed by atoms with Gasteiger partial charge < -0.3 is 14.2 Å². The van der Waals surface area contributed by atoms with Crippen LogP contribution < -0.4 is 0 Å². The van der Waals surface area contributed by atoms with E-state index in [-0.39, 0.29) is 6.03 Å². The third-order valence-corrected chi connectivity index (χ3v) is 2.45. The summed E-state index contributed by atoms with van der Waals surface area (Å²) in [6.45, 7) is 1.86. The molecule has 2 rings (SSSR count). The molecule has 1 fully saturated rings. The van der Waals surface area contributed by atoms with Crippen molar-refractivity contribution < 1.29 is 14.0 Å². The average molecular weight is 208 g/mol. The number of furan rings is 1. The Hall–Kier alpha value is -1.78. The summed E-state index contributed by atoms with van der Waals surface area (Å²) < 4.78 is 5.20. The summed E-state index contributed by atoms with van der Waals surface area (Å²) in [5, 5.41) is 0. The quantitative estimate of drug-likeness (QED) is 0.695. The molecule has 0 aromatic carbocycles. The Morgan fingerprint density at radius 1 is 1.47 bits per heavy atom. The Bertz CT molecular complexity index is 386. The summed E-state index contributed by atoms with van der Waals surface area (Å²) in [5.74, 6) is 0.936. The predicted molar refractivity (Wildman–Crippen MR) is 52.5 cm³/mol. The Labute approximate surface area is 87.3 Å². The smallest absolute Gasteiger partial charge is 0.320 e. The molecule has 1 saturated heterocycles. The van der Waals surface area contributed by atoms with Gasteiger partial charge in [0.25, 0.3) is 0 Å². The number of carbonyl (C=O) groups is 2. The second-order valence-electron chi connectivity index (χ2n) is 3.55. The zero-order valence-corrected chi connectivity index (χ0v) is 8.47. The van der Waals surface area contributed by atoms with Crippen molar-refractivity contribution in [3.8, 4) is 0 Å². The molecule has 5 nitrogen and oxygen atoms in total. The van der Waals surface area contributed by atoms with Crippen LogP contribution in [0, 0.1) is 0 Å². The van der Waals surface area contributed by atoms with Crippen LogP contribution in [-0.2, 0) is 6.54 Å². The molecule has 1 aliphatic heterocycles. The molecule has 0 bridgehead atoms. The first kappa shape index (κ1) is 9.76. The van der Waals surface area contributed by atoms with Gasteiger partial charge in [0.1, 0.15) is 5.76 Å². The first-order chi connectivity index (χ1) is 7.20. The van der Waals surface area contributed by atoms with E-state index in [1.54, 1.807) is 29.0 Å². The lowest BCUT2D eigenvalue weighted by molar-refractivity contribution is 0.109. The fourth-order valence-electron chi connectivity index (χ4n) is 1.58. The Morgan fingerprint density at radius 3 is 2.80 bits per heavy atom. The first-order valence-electron chi connectivity index (χ1n) is 4.74. The molecule has 5 heteroatoms. The molecule has 0 N–H and O–H groups in total. The van der Waals surface area contributed by atoms with Crippen LogP contribution in [0.3, 0.4) is 0 Å². The van der Waals surface area contributed by atoms with Gasteiger partial charge in [0.15, 0.2) is 12.0 Å². The molecule has 1 aromatic heterocycles. The summed E-state index contributed by atoms with van der Waals surface area (Å²) in [5.41, 5.74) is 0. The number of nitrogens with zero attached hydrogens (tertiary/aromatic N) is 2. The minimum Gasteiger partial charge on any atom is -0.456 e. The van der Waals surface area contributed by atoms with Crippen LogP contribution in [0.1, 0.15) is 16.3 Å². The number of rotatable bonds is 3. The fourth-order valence-corrected chi connectivity index (χ4v) is 1.58. The standard InChI is InChI=1S/C10H12N2O3/c1-11-4-5-12(10(11)14)6-8-2-3-9(7-13)15-8/h2-3,7H,4-6H2,1H3. The van der Waals surface area contributed by atoms with Gasteiger partial charge in [-0.2, -0.15) is 0 Å². The molecule has 2 heterocycles. The van der Waals surface area contributed by atoms with Crippen molar-refractivity contribution in [3.63, 3.8) is 0 Å². The van der Waals surface area contributed by atoms with Gasteiger partial charge in [-0.25, -0.2) is 4.79 Å². The van der Waals surface area contributed by atoms with Gasteiger partial charge in [0, 0.05) is 20.1 Å². The molecular weight excluding hydrogens is 196 g/mol. The third-order valence-electron chi connectivity index (χ3n) is 2.45. The van der Waals surface area contributed by atoms with Gasteiger partial charge in [-0.15, -0.1) is 0 Å². The van der Waals surface area contributed by atoms with Crippen molar-refractivity contribution in [2.45, 2.75) is 6.54 Å². The Morgan fingerprint density at radius 2 is 2.27 bits per heavy atom. The lowest BCUT2D eigenvalue weighted by Crippen LogP contribution is -2.28. The molecular formula is C10H12N2O3. The second kappa shape index (κ2) is 3.76. The summed E-state index contributed by atoms with van der Waals surface area (Å²) >= 11 is 0. The van der Waals surface area contributed by atoms with Crippen LogP contribution in [0.25, 0.3) is 0 Å². The second-order valence-corrected chi connectivity index (χ2v) is 3.55. The van der Waals surface area contributed by atoms with E-state index in [0.29, 0.717) is 30.9 Å². The van der Waals surface area contributed by atoms with Crippen LogP contribution in [0.5, 0.6) is 0 Å². The van der Waals surface area contributed by atoms with E-state index < -0.39 is 0 Å². The van der Waals surface area contributed by atoms with Crippen molar-refractivity contribution in [3.05, 3.63) is 23.7 Å². The molecule has 1 aliphatic rings. The third kappa shape index (κ3) is 1.86. The number of aldehydes is 1. The van der Waals surface area contributed by atoms with Crippen LogP contribution in [0.15, 0.2) is 16.5 Å². The van der Waals surface area contributed by atoms with Gasteiger partial charge >= 0.3 is 6.03 Å². The molecule has 2 amide bonds. The van der Waals surface area contributed by atoms with Crippen LogP contribution in [0.4, 0.5) is 4.79 Å². The molecule has 0 aliphatic carbocycles. The van der Waals surface area contributed by atoms with Gasteiger partial charge in [0.2, 0.25) is 0 Å². The summed E-state index contributed by atoms with van der Waals surface area (Å²) in [7, 11) is 1.77. The van der Waals surface area contributed by atoms with E-state index in [1.807, 2.05) is 0 Å². The van der Waals surface area contributed by atoms with Gasteiger partial charge in [0.05, 0.1) is 6.54 Å². The van der Waals surface area contributed by atoms with Crippen LogP contribution in [-0.4, -0.2) is 42.3 Å². The topological polar surface area (TPSA) is 53.8 Å². The minimum absolute atomic E-state index is 0.000877. The van der Waals surface area contributed by atoms with E-state index in [0.717, 1.165) is 6.54 Å². The zero-order valence-electron chi connectivity index (χ0n) is 8.47. The number of hydrogen-bond donors (Lipinski definition) is 0. The molecule has 0 spiro atoms. The van der Waals surface area contributed by atoms with E-state index in [2.05, 4.69) is 0 Å². The monoisotopic (exact) mass is 208 g/mol. The van der Waals surface area contributed by atoms with Gasteiger partial charge in [-0.1, -0.05) is 0 Å². The van der Waals surface area contributed by atoms with Crippen molar-refractivity contribution in [2.75, 3.05) is 20.1 Å². The highest BCUT2D eigenvalue weighted by molar-refractivity contribution is 5.76. The highest BCUT2D eigenvalue weighted by Gasteiger charge is 2.25. The van der Waals surface area contributed by atoms with Crippen molar-refractivity contribution in [1.29, 1.82) is 0 Å².